The van der Waals surface area contributed by atoms with Crippen molar-refractivity contribution in [2.24, 2.45) is 0 Å². The smallest absolute Gasteiger partial charge is 0.221 e. The number of nitrogen functional groups attached to an aromatic ring is 1. The Morgan fingerprint density at radius 3 is 2.50 bits per heavy atom. The number of halogens is 1. The highest BCUT2D eigenvalue weighted by molar-refractivity contribution is 6.30. The number of hydrogen-bond donors (Lipinski definition) is 2. The van der Waals surface area contributed by atoms with Gasteiger partial charge in [0, 0.05) is 49.4 Å². The van der Waals surface area contributed by atoms with E-state index in [0.29, 0.717) is 0 Å². The van der Waals surface area contributed by atoms with Crippen molar-refractivity contribution in [3.05, 3.63) is 46.6 Å². The predicted molar refractivity (Wildman–Crippen MR) is 96.2 cm³/mol. The number of benzene rings is 1. The van der Waals surface area contributed by atoms with Crippen molar-refractivity contribution in [1.29, 1.82) is 0 Å². The molecule has 1 aliphatic heterocycles. The maximum Gasteiger partial charge on any atom is 0.221 e. The minimum Gasteiger partial charge on any atom is -0.379 e. The Morgan fingerprint density at radius 2 is 1.88 bits per heavy atom. The van der Waals surface area contributed by atoms with Gasteiger partial charge in [-0.2, -0.15) is 4.98 Å². The van der Waals surface area contributed by atoms with Gasteiger partial charge in [0.05, 0.1) is 0 Å². The first kappa shape index (κ1) is 17.0. The van der Waals surface area contributed by atoms with Crippen LogP contribution in [-0.4, -0.2) is 52.4 Å². The first-order chi connectivity index (χ1) is 11.5. The van der Waals surface area contributed by atoms with Gasteiger partial charge in [0.1, 0.15) is 12.0 Å². The third-order valence-electron chi connectivity index (χ3n) is 4.31. The van der Waals surface area contributed by atoms with Crippen LogP contribution in [0.3, 0.4) is 0 Å². The van der Waals surface area contributed by atoms with Crippen LogP contribution < -0.4 is 10.6 Å². The van der Waals surface area contributed by atoms with E-state index in [4.69, 9.17) is 17.3 Å². The molecule has 1 fully saturated rings. The highest BCUT2D eigenvalue weighted by atomic mass is 35.5. The van der Waals surface area contributed by atoms with Gasteiger partial charge in [-0.15, -0.1) is 0 Å². The van der Waals surface area contributed by atoms with E-state index in [1.165, 1.54) is 0 Å². The van der Waals surface area contributed by atoms with Crippen LogP contribution in [0.1, 0.15) is 18.1 Å². The summed E-state index contributed by atoms with van der Waals surface area (Å²) in [5, 5.41) is 10.4. The van der Waals surface area contributed by atoms with E-state index in [1.807, 2.05) is 29.2 Å². The third kappa shape index (κ3) is 3.95. The molecule has 1 saturated heterocycles. The summed E-state index contributed by atoms with van der Waals surface area (Å²) in [4.78, 5) is 12.9. The van der Waals surface area contributed by atoms with Crippen LogP contribution >= 0.6 is 11.6 Å². The molecule has 6 nitrogen and oxygen atoms in total. The molecule has 0 amide bonds. The topological polar surface area (TPSA) is 78.5 Å². The van der Waals surface area contributed by atoms with E-state index < -0.39 is 6.23 Å². The maximum absolute atomic E-state index is 9.70. The van der Waals surface area contributed by atoms with E-state index in [2.05, 4.69) is 14.9 Å². The Kier molecular flexibility index (Phi) is 5.18. The molecule has 1 aromatic heterocycles. The van der Waals surface area contributed by atoms with E-state index in [9.17, 15) is 5.11 Å². The Labute approximate surface area is 146 Å². The monoisotopic (exact) mass is 347 g/mol. The average molecular weight is 348 g/mol. The molecule has 1 unspecified atom stereocenters. The fourth-order valence-corrected chi connectivity index (χ4v) is 3.07. The number of aliphatic hydroxyl groups is 1. The van der Waals surface area contributed by atoms with Crippen LogP contribution in [0.15, 0.2) is 30.5 Å². The fraction of sp³-hybridized carbons (Fsp3) is 0.412. The van der Waals surface area contributed by atoms with Crippen molar-refractivity contribution >= 4 is 23.4 Å². The molecule has 0 saturated carbocycles. The normalized spacial score (nSPS) is 17.0. The molecular formula is C17H22ClN5O. The van der Waals surface area contributed by atoms with Gasteiger partial charge < -0.3 is 15.7 Å². The quantitative estimate of drug-likeness (QED) is 0.877. The maximum atomic E-state index is 9.70. The van der Waals surface area contributed by atoms with Crippen molar-refractivity contribution in [3.8, 4) is 0 Å². The third-order valence-corrected chi connectivity index (χ3v) is 4.56. The SMILES string of the molecule is CC(O)N1CCN(c2nc(N)ncc2Cc2ccc(Cl)cc2)CC1. The Bertz CT molecular complexity index is 684. The van der Waals surface area contributed by atoms with E-state index >= 15 is 0 Å². The van der Waals surface area contributed by atoms with Gasteiger partial charge in [0.15, 0.2) is 0 Å². The highest BCUT2D eigenvalue weighted by Gasteiger charge is 2.22. The summed E-state index contributed by atoms with van der Waals surface area (Å²) < 4.78 is 0. The summed E-state index contributed by atoms with van der Waals surface area (Å²) in [6, 6.07) is 7.79. The minimum absolute atomic E-state index is 0.280. The van der Waals surface area contributed by atoms with E-state index in [-0.39, 0.29) is 5.95 Å². The van der Waals surface area contributed by atoms with Crippen LogP contribution in [0.4, 0.5) is 11.8 Å². The van der Waals surface area contributed by atoms with E-state index in [1.54, 1.807) is 13.1 Å². The number of anilines is 2. The molecule has 2 heterocycles. The fourth-order valence-electron chi connectivity index (χ4n) is 2.94. The van der Waals surface area contributed by atoms with Crippen molar-refractivity contribution < 1.29 is 5.11 Å². The van der Waals surface area contributed by atoms with Crippen LogP contribution in [0.2, 0.25) is 5.02 Å². The first-order valence-electron chi connectivity index (χ1n) is 8.06. The highest BCUT2D eigenvalue weighted by Crippen LogP contribution is 2.23. The number of aromatic nitrogens is 2. The van der Waals surface area contributed by atoms with Gasteiger partial charge in [-0.05, 0) is 24.6 Å². The molecule has 3 N–H and O–H groups in total. The second-order valence-electron chi connectivity index (χ2n) is 6.04. The second kappa shape index (κ2) is 7.34. The van der Waals surface area contributed by atoms with Crippen molar-refractivity contribution in [2.45, 2.75) is 19.6 Å². The molecule has 0 spiro atoms. The zero-order valence-corrected chi connectivity index (χ0v) is 14.4. The first-order valence-corrected chi connectivity index (χ1v) is 8.43. The molecule has 1 aliphatic rings. The van der Waals surface area contributed by atoms with Crippen molar-refractivity contribution in [2.75, 3.05) is 36.8 Å². The molecule has 1 atom stereocenters. The van der Waals surface area contributed by atoms with Crippen LogP contribution in [-0.2, 0) is 6.42 Å². The molecule has 2 aromatic rings. The number of aliphatic hydroxyl groups excluding tert-OH is 1. The minimum atomic E-state index is -0.420. The Balaban J connectivity index is 1.80. The predicted octanol–water partition coefficient (Wildman–Crippen LogP) is 1.76. The number of hydrogen-bond acceptors (Lipinski definition) is 6. The lowest BCUT2D eigenvalue weighted by Crippen LogP contribution is -2.50. The molecule has 0 bridgehead atoms. The number of piperazine rings is 1. The summed E-state index contributed by atoms with van der Waals surface area (Å²) in [6.07, 6.45) is 2.10. The lowest BCUT2D eigenvalue weighted by molar-refractivity contribution is 0.0152. The number of nitrogens with zero attached hydrogens (tertiary/aromatic N) is 4. The zero-order chi connectivity index (χ0) is 17.1. The molecule has 3 rings (SSSR count). The molecule has 7 heteroatoms. The Morgan fingerprint density at radius 1 is 1.21 bits per heavy atom. The summed E-state index contributed by atoms with van der Waals surface area (Å²) in [7, 11) is 0. The number of nitrogens with two attached hydrogens (primary N) is 1. The second-order valence-corrected chi connectivity index (χ2v) is 6.47. The Hall–Kier alpha value is -1.89. The van der Waals surface area contributed by atoms with Crippen LogP contribution in [0, 0.1) is 0 Å². The molecule has 128 valence electrons. The molecule has 0 aliphatic carbocycles. The van der Waals surface area contributed by atoms with Gasteiger partial charge in [0.2, 0.25) is 5.95 Å². The molecule has 0 radical (unpaired) electrons. The molecule has 1 aromatic carbocycles. The number of rotatable bonds is 4. The lowest BCUT2D eigenvalue weighted by atomic mass is 10.1. The van der Waals surface area contributed by atoms with E-state index in [0.717, 1.165) is 54.6 Å². The molecule has 24 heavy (non-hydrogen) atoms. The summed E-state index contributed by atoms with van der Waals surface area (Å²) >= 11 is 5.95. The standard InChI is InChI=1S/C17H22ClN5O/c1-12(24)22-6-8-23(9-7-22)16-14(11-20-17(19)21-16)10-13-2-4-15(18)5-3-13/h2-5,11-12,24H,6-10H2,1H3,(H2,19,20,21). The summed E-state index contributed by atoms with van der Waals surface area (Å²) in [5.41, 5.74) is 7.99. The lowest BCUT2D eigenvalue weighted by Gasteiger charge is -2.37. The molecular weight excluding hydrogens is 326 g/mol. The van der Waals surface area contributed by atoms with Gasteiger partial charge in [-0.25, -0.2) is 4.98 Å². The van der Waals surface area contributed by atoms with Gasteiger partial charge >= 0.3 is 0 Å². The summed E-state index contributed by atoms with van der Waals surface area (Å²) in [5.74, 6) is 1.16. The van der Waals surface area contributed by atoms with Gasteiger partial charge in [0.25, 0.3) is 0 Å². The van der Waals surface area contributed by atoms with Gasteiger partial charge in [-0.1, -0.05) is 23.7 Å². The largest absolute Gasteiger partial charge is 0.379 e. The average Bonchev–Trinajstić information content (AvgIpc) is 2.58. The zero-order valence-electron chi connectivity index (χ0n) is 13.7. The van der Waals surface area contributed by atoms with Crippen molar-refractivity contribution in [1.82, 2.24) is 14.9 Å². The van der Waals surface area contributed by atoms with Crippen LogP contribution in [0.5, 0.6) is 0 Å². The van der Waals surface area contributed by atoms with Crippen LogP contribution in [0.25, 0.3) is 0 Å². The summed E-state index contributed by atoms with van der Waals surface area (Å²) in [6.45, 7) is 4.98. The van der Waals surface area contributed by atoms with Gasteiger partial charge in [-0.3, -0.25) is 4.90 Å². The van der Waals surface area contributed by atoms with Crippen molar-refractivity contribution in [3.63, 3.8) is 0 Å².